The molecule has 3 aliphatic rings. The minimum Gasteiger partial charge on any atom is -0.461 e. The van der Waals surface area contributed by atoms with E-state index >= 15 is 0 Å². The fourth-order valence-corrected chi connectivity index (χ4v) is 8.97. The van der Waals surface area contributed by atoms with Gasteiger partial charge in [-0.05, 0) is 44.7 Å². The van der Waals surface area contributed by atoms with Gasteiger partial charge in [-0.25, -0.2) is 0 Å². The van der Waals surface area contributed by atoms with Crippen molar-refractivity contribution in [2.24, 2.45) is 11.8 Å². The first-order valence-corrected chi connectivity index (χ1v) is 13.4. The first kappa shape index (κ1) is 26.8. The number of hydrogen-bond acceptors (Lipinski definition) is 6. The number of esters is 1. The number of anilines is 1. The molecule has 1 aromatic rings. The van der Waals surface area contributed by atoms with E-state index in [1.54, 1.807) is 33.7 Å². The molecule has 0 saturated carbocycles. The molecule has 3 fully saturated rings. The van der Waals surface area contributed by atoms with Gasteiger partial charge in [-0.15, -0.1) is 18.3 Å². The summed E-state index contributed by atoms with van der Waals surface area (Å²) >= 11 is 8.15. The third kappa shape index (κ3) is 4.07. The lowest BCUT2D eigenvalue weighted by Gasteiger charge is -2.37. The van der Waals surface area contributed by atoms with E-state index < -0.39 is 33.3 Å². The maximum absolute atomic E-state index is 14.5. The summed E-state index contributed by atoms with van der Waals surface area (Å²) in [5.74, 6) is -2.24. The number of aliphatic hydroxyl groups is 1. The first-order valence-electron chi connectivity index (χ1n) is 12.2. The Hall–Kier alpha value is -2.29. The topological polar surface area (TPSA) is 87.1 Å². The Morgan fingerprint density at radius 3 is 2.72 bits per heavy atom. The Balaban J connectivity index is 1.81. The van der Waals surface area contributed by atoms with E-state index in [1.165, 1.54) is 6.08 Å². The van der Waals surface area contributed by atoms with Crippen LogP contribution in [-0.2, 0) is 19.1 Å². The highest BCUT2D eigenvalue weighted by Gasteiger charge is 2.77. The molecule has 1 spiro atoms. The molecule has 1 N–H and O–H groups in total. The van der Waals surface area contributed by atoms with Crippen LogP contribution < -0.4 is 4.90 Å². The van der Waals surface area contributed by atoms with Crippen molar-refractivity contribution in [1.29, 1.82) is 0 Å². The van der Waals surface area contributed by atoms with E-state index in [0.29, 0.717) is 30.0 Å². The van der Waals surface area contributed by atoms with E-state index in [4.69, 9.17) is 16.3 Å². The minimum atomic E-state index is -0.804. The van der Waals surface area contributed by atoms with E-state index in [-0.39, 0.29) is 38.1 Å². The molecule has 0 aliphatic carbocycles. The summed E-state index contributed by atoms with van der Waals surface area (Å²) in [6, 6.07) is 4.65. The molecule has 0 radical (unpaired) electrons. The van der Waals surface area contributed by atoms with Crippen molar-refractivity contribution in [1.82, 2.24) is 4.90 Å². The molecule has 3 saturated heterocycles. The second kappa shape index (κ2) is 10.2. The van der Waals surface area contributed by atoms with Crippen molar-refractivity contribution < 1.29 is 24.2 Å². The predicted octanol–water partition coefficient (Wildman–Crippen LogP) is 3.76. The zero-order valence-corrected chi connectivity index (χ0v) is 22.3. The Morgan fingerprint density at radius 1 is 1.33 bits per heavy atom. The summed E-state index contributed by atoms with van der Waals surface area (Å²) in [6.45, 7) is 11.7. The lowest BCUT2D eigenvalue weighted by molar-refractivity contribution is -0.154. The number of hydrogen-bond donors (Lipinski definition) is 1. The molecule has 7 nitrogen and oxygen atoms in total. The number of carbonyl (C=O) groups excluding carboxylic acids is 3. The average Bonchev–Trinajstić information content (AvgIpc) is 3.40. The second-order valence-corrected chi connectivity index (χ2v) is 12.2. The van der Waals surface area contributed by atoms with Crippen LogP contribution in [-0.4, -0.2) is 69.6 Å². The summed E-state index contributed by atoms with van der Waals surface area (Å²) in [5, 5.41) is 9.98. The van der Waals surface area contributed by atoms with E-state index in [1.807, 2.05) is 26.0 Å². The fourth-order valence-electron chi connectivity index (χ4n) is 6.31. The number of aryl methyl sites for hydroxylation is 1. The van der Waals surface area contributed by atoms with Crippen LogP contribution in [0.15, 0.2) is 43.5 Å². The molecule has 36 heavy (non-hydrogen) atoms. The van der Waals surface area contributed by atoms with Gasteiger partial charge in [0.2, 0.25) is 5.91 Å². The van der Waals surface area contributed by atoms with Gasteiger partial charge in [0.1, 0.15) is 12.6 Å². The van der Waals surface area contributed by atoms with Gasteiger partial charge in [0.15, 0.2) is 0 Å². The van der Waals surface area contributed by atoms with Crippen molar-refractivity contribution >= 4 is 46.8 Å². The molecular formula is C27H33ClN2O5S. The highest BCUT2D eigenvalue weighted by Crippen LogP contribution is 2.71. The number of amides is 2. The van der Waals surface area contributed by atoms with Crippen molar-refractivity contribution in [2.45, 2.75) is 48.6 Å². The number of rotatable bonds is 10. The maximum atomic E-state index is 14.5. The van der Waals surface area contributed by atoms with Gasteiger partial charge in [-0.1, -0.05) is 42.5 Å². The molecular weight excluding hydrogens is 500 g/mol. The normalized spacial score (nSPS) is 30.3. The van der Waals surface area contributed by atoms with Gasteiger partial charge >= 0.3 is 5.97 Å². The number of para-hydroxylation sites is 1. The van der Waals surface area contributed by atoms with Crippen LogP contribution in [0.5, 0.6) is 0 Å². The SMILES string of the molecule is C=CCOC(=O)[C@@H]1[C@H]2C(=O)N(CCCO)C(C(=O)N(CC=C)c3c(C)cccc3Cl)C23CC[C@@]1(C)S3. The van der Waals surface area contributed by atoms with Gasteiger partial charge in [0, 0.05) is 24.4 Å². The number of thioether (sulfide) groups is 1. The van der Waals surface area contributed by atoms with Gasteiger partial charge in [-0.3, -0.25) is 14.4 Å². The Labute approximate surface area is 221 Å². The third-order valence-electron chi connectivity index (χ3n) is 7.70. The molecule has 1 aromatic carbocycles. The number of aliphatic hydroxyl groups excluding tert-OH is 1. The molecule has 9 heteroatoms. The molecule has 0 aromatic heterocycles. The Kier molecular flexibility index (Phi) is 7.60. The molecule has 194 valence electrons. The summed E-state index contributed by atoms with van der Waals surface area (Å²) in [4.78, 5) is 44.8. The van der Waals surface area contributed by atoms with Crippen LogP contribution in [0, 0.1) is 18.8 Å². The Morgan fingerprint density at radius 2 is 2.08 bits per heavy atom. The van der Waals surface area contributed by atoms with E-state index in [9.17, 15) is 19.5 Å². The van der Waals surface area contributed by atoms with Crippen molar-refractivity contribution in [3.05, 3.63) is 54.1 Å². The second-order valence-electron chi connectivity index (χ2n) is 9.90. The summed E-state index contributed by atoms with van der Waals surface area (Å²) in [6.07, 6.45) is 4.80. The monoisotopic (exact) mass is 532 g/mol. The third-order valence-corrected chi connectivity index (χ3v) is 9.99. The largest absolute Gasteiger partial charge is 0.461 e. The highest BCUT2D eigenvalue weighted by molar-refractivity contribution is 8.02. The van der Waals surface area contributed by atoms with E-state index in [0.717, 1.165) is 5.56 Å². The van der Waals surface area contributed by atoms with Gasteiger partial charge in [-0.2, -0.15) is 0 Å². The summed E-state index contributed by atoms with van der Waals surface area (Å²) in [5.41, 5.74) is 1.42. The number of carbonyl (C=O) groups is 3. The highest BCUT2D eigenvalue weighted by atomic mass is 35.5. The number of fused-ring (bicyclic) bond motifs is 1. The first-order chi connectivity index (χ1) is 17.2. The lowest BCUT2D eigenvalue weighted by Crippen LogP contribution is -2.55. The maximum Gasteiger partial charge on any atom is 0.311 e. The van der Waals surface area contributed by atoms with Gasteiger partial charge < -0.3 is 19.6 Å². The summed E-state index contributed by atoms with van der Waals surface area (Å²) < 4.78 is 4.15. The molecule has 3 aliphatic heterocycles. The fraction of sp³-hybridized carbons (Fsp3) is 0.519. The minimum absolute atomic E-state index is 0.0689. The van der Waals surface area contributed by atoms with Crippen LogP contribution in [0.25, 0.3) is 0 Å². The molecule has 4 rings (SSSR count). The smallest absolute Gasteiger partial charge is 0.311 e. The number of nitrogens with zero attached hydrogens (tertiary/aromatic N) is 2. The standard InChI is InChI=1S/C27H33ClN2O5S/c1-5-13-29(21-17(3)9-7-10-18(21)28)24(33)22-27-12-11-26(4,36-27)20(25(34)35-16-6-2)19(27)23(32)30(22)14-8-15-31/h5-7,9-10,19-20,22,31H,1-2,8,11-16H2,3-4H3/t19-,20-,22?,26+,27?/m0/s1. The molecule has 5 atom stereocenters. The van der Waals surface area contributed by atoms with Crippen LogP contribution >= 0.6 is 23.4 Å². The zero-order chi connectivity index (χ0) is 26.3. The zero-order valence-electron chi connectivity index (χ0n) is 20.7. The lowest BCUT2D eigenvalue weighted by atomic mass is 9.66. The van der Waals surface area contributed by atoms with Crippen LogP contribution in [0.3, 0.4) is 0 Å². The van der Waals surface area contributed by atoms with Gasteiger partial charge in [0.25, 0.3) is 5.91 Å². The van der Waals surface area contributed by atoms with Crippen molar-refractivity contribution in [2.75, 3.05) is 31.2 Å². The molecule has 2 amide bonds. The summed E-state index contributed by atoms with van der Waals surface area (Å²) in [7, 11) is 0. The molecule has 3 heterocycles. The number of halogens is 1. The number of ether oxygens (including phenoxy) is 1. The van der Waals surface area contributed by atoms with Crippen LogP contribution in [0.4, 0.5) is 5.69 Å². The van der Waals surface area contributed by atoms with E-state index in [2.05, 4.69) is 13.2 Å². The molecule has 2 unspecified atom stereocenters. The molecule has 2 bridgehead atoms. The Bertz CT molecular complexity index is 1080. The average molecular weight is 533 g/mol. The van der Waals surface area contributed by atoms with Crippen molar-refractivity contribution in [3.63, 3.8) is 0 Å². The van der Waals surface area contributed by atoms with Crippen molar-refractivity contribution in [3.8, 4) is 0 Å². The van der Waals surface area contributed by atoms with Crippen LogP contribution in [0.1, 0.15) is 31.7 Å². The van der Waals surface area contributed by atoms with Crippen LogP contribution in [0.2, 0.25) is 5.02 Å². The number of likely N-dealkylation sites (tertiary alicyclic amines) is 1. The predicted molar refractivity (Wildman–Crippen MR) is 142 cm³/mol. The quantitative estimate of drug-likeness (QED) is 0.365. The van der Waals surface area contributed by atoms with Gasteiger partial charge in [0.05, 0.1) is 27.3 Å². The number of benzene rings is 1.